The Morgan fingerprint density at radius 1 is 1.10 bits per heavy atom. The molecule has 2 N–H and O–H groups in total. The average Bonchev–Trinajstić information content (AvgIpc) is 2.79. The predicted molar refractivity (Wildman–Crippen MR) is 133 cm³/mol. The van der Waals surface area contributed by atoms with Gasteiger partial charge >= 0.3 is 0 Å². The highest BCUT2D eigenvalue weighted by Crippen LogP contribution is 2.17. The van der Waals surface area contributed by atoms with Crippen LogP contribution < -0.4 is 15.4 Å². The minimum absolute atomic E-state index is 0. The van der Waals surface area contributed by atoms with Gasteiger partial charge in [0.25, 0.3) is 0 Å². The summed E-state index contributed by atoms with van der Waals surface area (Å²) in [5.74, 6) is 1.40. The normalized spacial score (nSPS) is 14.6. The van der Waals surface area contributed by atoms with Crippen LogP contribution in [0.4, 0.5) is 4.39 Å². The number of morpholine rings is 1. The molecule has 8 heteroatoms. The van der Waals surface area contributed by atoms with Gasteiger partial charge in [0.2, 0.25) is 0 Å². The van der Waals surface area contributed by atoms with Gasteiger partial charge in [-0.05, 0) is 30.2 Å². The van der Waals surface area contributed by atoms with Crippen molar-refractivity contribution in [3.8, 4) is 5.75 Å². The first-order valence-electron chi connectivity index (χ1n) is 10.4. The van der Waals surface area contributed by atoms with E-state index in [4.69, 9.17) is 9.47 Å². The van der Waals surface area contributed by atoms with Gasteiger partial charge in [-0.2, -0.15) is 0 Å². The van der Waals surface area contributed by atoms with Crippen molar-refractivity contribution in [3.63, 3.8) is 0 Å². The van der Waals surface area contributed by atoms with Crippen LogP contribution in [0.15, 0.2) is 53.5 Å². The summed E-state index contributed by atoms with van der Waals surface area (Å²) in [4.78, 5) is 6.63. The lowest BCUT2D eigenvalue weighted by atomic mass is 10.1. The molecule has 0 aromatic heterocycles. The van der Waals surface area contributed by atoms with Gasteiger partial charge in [-0.25, -0.2) is 4.39 Å². The van der Waals surface area contributed by atoms with Gasteiger partial charge in [-0.1, -0.05) is 30.3 Å². The molecule has 0 atom stereocenters. The van der Waals surface area contributed by atoms with Crippen molar-refractivity contribution in [3.05, 3.63) is 65.5 Å². The van der Waals surface area contributed by atoms with Gasteiger partial charge in [0, 0.05) is 45.3 Å². The number of nitrogens with one attached hydrogen (secondary N) is 2. The third-order valence-electron chi connectivity index (χ3n) is 5.03. The first kappa shape index (κ1) is 25.4. The lowest BCUT2D eigenvalue weighted by molar-refractivity contribution is 0.0322. The molecule has 2 aromatic rings. The quantitative estimate of drug-likeness (QED) is 0.290. The molecule has 0 bridgehead atoms. The summed E-state index contributed by atoms with van der Waals surface area (Å²) < 4.78 is 24.4. The largest absolute Gasteiger partial charge is 0.492 e. The molecule has 1 saturated heterocycles. The Kier molecular flexibility index (Phi) is 11.6. The topological polar surface area (TPSA) is 58.1 Å². The SMILES string of the molecule is CN=C(NCCc1ccc(F)cc1)NCc1ccccc1OCCN1CCOCC1.I. The van der Waals surface area contributed by atoms with E-state index in [2.05, 4.69) is 26.6 Å². The first-order chi connectivity index (χ1) is 14.7. The van der Waals surface area contributed by atoms with Crippen LogP contribution in [0.25, 0.3) is 0 Å². The van der Waals surface area contributed by atoms with Crippen molar-refractivity contribution in [2.75, 3.05) is 53.0 Å². The number of halogens is 2. The molecule has 1 aliphatic heterocycles. The number of para-hydroxylation sites is 1. The highest BCUT2D eigenvalue weighted by atomic mass is 127. The molecule has 1 aliphatic rings. The minimum Gasteiger partial charge on any atom is -0.492 e. The molecule has 170 valence electrons. The molecular weight excluding hydrogens is 510 g/mol. The molecule has 0 amide bonds. The van der Waals surface area contributed by atoms with Crippen molar-refractivity contribution in [1.29, 1.82) is 0 Å². The molecule has 3 rings (SSSR count). The van der Waals surface area contributed by atoms with Crippen LogP contribution in [-0.2, 0) is 17.7 Å². The molecule has 1 heterocycles. The molecule has 0 spiro atoms. The van der Waals surface area contributed by atoms with Crippen LogP contribution in [0.2, 0.25) is 0 Å². The lowest BCUT2D eigenvalue weighted by Crippen LogP contribution is -2.39. The summed E-state index contributed by atoms with van der Waals surface area (Å²) in [6.07, 6.45) is 0.794. The van der Waals surface area contributed by atoms with Crippen LogP contribution >= 0.6 is 24.0 Å². The number of aliphatic imine (C=N–C) groups is 1. The zero-order valence-electron chi connectivity index (χ0n) is 18.0. The maximum absolute atomic E-state index is 13.0. The number of hydrogen-bond acceptors (Lipinski definition) is 4. The summed E-state index contributed by atoms with van der Waals surface area (Å²) in [6, 6.07) is 14.6. The Labute approximate surface area is 201 Å². The van der Waals surface area contributed by atoms with Crippen molar-refractivity contribution in [1.82, 2.24) is 15.5 Å². The number of nitrogens with zero attached hydrogens (tertiary/aromatic N) is 2. The molecule has 0 aliphatic carbocycles. The van der Waals surface area contributed by atoms with E-state index in [1.807, 2.05) is 18.2 Å². The van der Waals surface area contributed by atoms with E-state index in [9.17, 15) is 4.39 Å². The Bertz CT molecular complexity index is 798. The maximum Gasteiger partial charge on any atom is 0.191 e. The summed E-state index contributed by atoms with van der Waals surface area (Å²) in [5.41, 5.74) is 2.17. The monoisotopic (exact) mass is 542 g/mol. The highest BCUT2D eigenvalue weighted by Gasteiger charge is 2.10. The zero-order valence-corrected chi connectivity index (χ0v) is 20.3. The fourth-order valence-electron chi connectivity index (χ4n) is 3.28. The van der Waals surface area contributed by atoms with Gasteiger partial charge in [0.05, 0.1) is 13.2 Å². The number of benzene rings is 2. The van der Waals surface area contributed by atoms with Crippen LogP contribution in [0.1, 0.15) is 11.1 Å². The van der Waals surface area contributed by atoms with Crippen molar-refractivity contribution in [2.24, 2.45) is 4.99 Å². The van der Waals surface area contributed by atoms with Gasteiger partial charge in [0.15, 0.2) is 5.96 Å². The first-order valence-corrected chi connectivity index (χ1v) is 10.4. The van der Waals surface area contributed by atoms with Crippen LogP contribution in [-0.4, -0.2) is 63.9 Å². The Balaban J connectivity index is 0.00000341. The fraction of sp³-hybridized carbons (Fsp3) is 0.435. The molecule has 0 unspecified atom stereocenters. The zero-order chi connectivity index (χ0) is 21.0. The highest BCUT2D eigenvalue weighted by molar-refractivity contribution is 14.0. The third kappa shape index (κ3) is 9.00. The Morgan fingerprint density at radius 3 is 2.58 bits per heavy atom. The van der Waals surface area contributed by atoms with E-state index >= 15 is 0 Å². The predicted octanol–water partition coefficient (Wildman–Crippen LogP) is 3.06. The molecule has 0 radical (unpaired) electrons. The van der Waals surface area contributed by atoms with E-state index < -0.39 is 0 Å². The fourth-order valence-corrected chi connectivity index (χ4v) is 3.28. The lowest BCUT2D eigenvalue weighted by Gasteiger charge is -2.26. The van der Waals surface area contributed by atoms with Crippen LogP contribution in [0, 0.1) is 5.82 Å². The minimum atomic E-state index is -0.213. The molecule has 31 heavy (non-hydrogen) atoms. The van der Waals surface area contributed by atoms with Gasteiger partial charge in [0.1, 0.15) is 18.2 Å². The van der Waals surface area contributed by atoms with Crippen molar-refractivity contribution < 1.29 is 13.9 Å². The van der Waals surface area contributed by atoms with E-state index in [1.54, 1.807) is 19.2 Å². The van der Waals surface area contributed by atoms with Gasteiger partial charge in [-0.3, -0.25) is 9.89 Å². The van der Waals surface area contributed by atoms with Crippen molar-refractivity contribution in [2.45, 2.75) is 13.0 Å². The molecular formula is C23H32FIN4O2. The van der Waals surface area contributed by atoms with E-state index in [1.165, 1.54) is 12.1 Å². The summed E-state index contributed by atoms with van der Waals surface area (Å²) in [5, 5.41) is 6.63. The standard InChI is InChI=1S/C23H31FN4O2.HI/c1-25-23(26-11-10-19-6-8-21(24)9-7-19)27-18-20-4-2-3-5-22(20)30-17-14-28-12-15-29-16-13-28;/h2-9H,10-18H2,1H3,(H2,25,26,27);1H. The van der Waals surface area contributed by atoms with Gasteiger partial charge in [-0.15, -0.1) is 24.0 Å². The van der Waals surface area contributed by atoms with Crippen LogP contribution in [0.5, 0.6) is 5.75 Å². The summed E-state index contributed by atoms with van der Waals surface area (Å²) in [6.45, 7) is 6.41. The number of guanidine groups is 1. The van der Waals surface area contributed by atoms with Crippen molar-refractivity contribution >= 4 is 29.9 Å². The second-order valence-electron chi connectivity index (χ2n) is 7.14. The number of ether oxygens (including phenoxy) is 2. The molecule has 2 aromatic carbocycles. The number of hydrogen-bond donors (Lipinski definition) is 2. The maximum atomic E-state index is 13.0. The molecule has 6 nitrogen and oxygen atoms in total. The molecule has 0 saturated carbocycles. The number of rotatable bonds is 9. The van der Waals surface area contributed by atoms with E-state index in [0.717, 1.165) is 62.1 Å². The third-order valence-corrected chi connectivity index (χ3v) is 5.03. The summed E-state index contributed by atoms with van der Waals surface area (Å²) in [7, 11) is 1.75. The van der Waals surface area contributed by atoms with E-state index in [0.29, 0.717) is 19.7 Å². The Morgan fingerprint density at radius 2 is 1.84 bits per heavy atom. The Hall–Kier alpha value is -1.91. The summed E-state index contributed by atoms with van der Waals surface area (Å²) >= 11 is 0. The second-order valence-corrected chi connectivity index (χ2v) is 7.14. The smallest absolute Gasteiger partial charge is 0.191 e. The van der Waals surface area contributed by atoms with Gasteiger partial charge < -0.3 is 20.1 Å². The average molecular weight is 542 g/mol. The second kappa shape index (κ2) is 14.2. The molecule has 1 fully saturated rings. The van der Waals surface area contributed by atoms with E-state index in [-0.39, 0.29) is 29.8 Å². The van der Waals surface area contributed by atoms with Crippen LogP contribution in [0.3, 0.4) is 0 Å².